The van der Waals surface area contributed by atoms with Crippen LogP contribution in [-0.4, -0.2) is 69.8 Å². The Bertz CT molecular complexity index is 1060. The Hall–Kier alpha value is -3.40. The second-order valence-corrected chi connectivity index (χ2v) is 7.92. The molecule has 1 aromatic carbocycles. The predicted octanol–water partition coefficient (Wildman–Crippen LogP) is 2.12. The third-order valence-corrected chi connectivity index (χ3v) is 5.76. The van der Waals surface area contributed by atoms with E-state index in [1.54, 1.807) is 34.5 Å². The van der Waals surface area contributed by atoms with Crippen LogP contribution in [0.4, 0.5) is 9.93 Å². The first-order chi connectivity index (χ1) is 14.5. The number of piperazine rings is 1. The van der Waals surface area contributed by atoms with Crippen LogP contribution >= 0.6 is 11.3 Å². The number of rotatable bonds is 4. The third kappa shape index (κ3) is 4.13. The average molecular weight is 427 g/mol. The summed E-state index contributed by atoms with van der Waals surface area (Å²) >= 11 is 1.31. The van der Waals surface area contributed by atoms with Crippen molar-refractivity contribution in [3.05, 3.63) is 47.6 Å². The molecule has 0 saturated carbocycles. The molecule has 0 radical (unpaired) electrons. The van der Waals surface area contributed by atoms with Gasteiger partial charge in [-0.25, -0.2) is 9.78 Å². The maximum absolute atomic E-state index is 12.9. The Morgan fingerprint density at radius 3 is 2.60 bits per heavy atom. The Morgan fingerprint density at radius 1 is 1.13 bits per heavy atom. The molecule has 0 spiro atoms. The zero-order valence-corrected chi connectivity index (χ0v) is 17.2. The smallest absolute Gasteiger partial charge is 0.318 e. The van der Waals surface area contributed by atoms with Gasteiger partial charge in [-0.2, -0.15) is 0 Å². The summed E-state index contributed by atoms with van der Waals surface area (Å²) in [5.41, 5.74) is 1.56. The number of fused-ring (bicyclic) bond motifs is 1. The summed E-state index contributed by atoms with van der Waals surface area (Å²) < 4.78 is 0. The number of amides is 4. The van der Waals surface area contributed by atoms with Gasteiger partial charge in [0.1, 0.15) is 6.04 Å². The predicted molar refractivity (Wildman–Crippen MR) is 115 cm³/mol. The molecule has 3 heterocycles. The molecule has 30 heavy (non-hydrogen) atoms. The topological polar surface area (TPSA) is 110 Å². The zero-order valence-electron chi connectivity index (χ0n) is 16.4. The minimum absolute atomic E-state index is 0.0521. The number of nitrogens with one attached hydrogen (secondary N) is 3. The molecule has 1 aliphatic heterocycles. The Kier molecular flexibility index (Phi) is 5.66. The van der Waals surface area contributed by atoms with Crippen LogP contribution in [0.5, 0.6) is 0 Å². The number of para-hydroxylation sites is 1. The van der Waals surface area contributed by atoms with Crippen LogP contribution in [0.2, 0.25) is 0 Å². The van der Waals surface area contributed by atoms with Crippen LogP contribution in [0, 0.1) is 0 Å². The molecular formula is C20H22N6O3S. The van der Waals surface area contributed by atoms with Crippen molar-refractivity contribution in [2.24, 2.45) is 0 Å². The molecule has 1 unspecified atom stereocenters. The molecule has 0 aliphatic carbocycles. The molecule has 3 N–H and O–H groups in total. The van der Waals surface area contributed by atoms with Gasteiger partial charge in [0.05, 0.1) is 5.56 Å². The zero-order chi connectivity index (χ0) is 21.1. The molecule has 3 aromatic rings. The van der Waals surface area contributed by atoms with Gasteiger partial charge in [0.25, 0.3) is 5.91 Å². The minimum Gasteiger partial charge on any atom is -0.360 e. The molecule has 10 heteroatoms. The van der Waals surface area contributed by atoms with Crippen LogP contribution < -0.4 is 10.6 Å². The first kappa shape index (κ1) is 19.9. The number of hydrogen-bond donors (Lipinski definition) is 3. The molecule has 4 amide bonds. The Morgan fingerprint density at radius 2 is 1.87 bits per heavy atom. The highest BCUT2D eigenvalue weighted by atomic mass is 32.1. The first-order valence-corrected chi connectivity index (χ1v) is 10.5. The summed E-state index contributed by atoms with van der Waals surface area (Å²) in [6.45, 7) is 3.30. The minimum atomic E-state index is -0.702. The maximum Gasteiger partial charge on any atom is 0.318 e. The lowest BCUT2D eigenvalue weighted by molar-refractivity contribution is -0.117. The molecule has 4 rings (SSSR count). The van der Waals surface area contributed by atoms with Gasteiger partial charge in [-0.1, -0.05) is 18.2 Å². The molecule has 1 atom stereocenters. The number of aromatic amines is 1. The number of hydrogen-bond acceptors (Lipinski definition) is 5. The number of benzene rings is 1. The van der Waals surface area contributed by atoms with Crippen LogP contribution in [0.1, 0.15) is 17.3 Å². The van der Waals surface area contributed by atoms with Crippen molar-refractivity contribution in [1.82, 2.24) is 25.1 Å². The van der Waals surface area contributed by atoms with E-state index in [9.17, 15) is 14.4 Å². The molecule has 1 fully saturated rings. The normalized spacial score (nSPS) is 15.1. The van der Waals surface area contributed by atoms with E-state index in [1.807, 2.05) is 24.3 Å². The molecular weight excluding hydrogens is 404 g/mol. The van der Waals surface area contributed by atoms with E-state index in [-0.39, 0.29) is 17.8 Å². The number of H-pyrrole nitrogens is 1. The lowest BCUT2D eigenvalue weighted by Gasteiger charge is -2.35. The highest BCUT2D eigenvalue weighted by Gasteiger charge is 2.27. The number of nitrogens with zero attached hydrogens (tertiary/aromatic N) is 3. The fraction of sp³-hybridized carbons (Fsp3) is 0.300. The lowest BCUT2D eigenvalue weighted by atomic mass is 10.1. The van der Waals surface area contributed by atoms with Crippen molar-refractivity contribution in [2.45, 2.75) is 13.0 Å². The van der Waals surface area contributed by atoms with Gasteiger partial charge in [0.2, 0.25) is 5.91 Å². The van der Waals surface area contributed by atoms with Crippen LogP contribution in [0.3, 0.4) is 0 Å². The van der Waals surface area contributed by atoms with Crippen LogP contribution in [0.15, 0.2) is 42.0 Å². The second-order valence-electron chi connectivity index (χ2n) is 7.02. The van der Waals surface area contributed by atoms with Gasteiger partial charge >= 0.3 is 6.03 Å². The van der Waals surface area contributed by atoms with Crippen LogP contribution in [-0.2, 0) is 4.79 Å². The molecule has 2 aromatic heterocycles. The summed E-state index contributed by atoms with van der Waals surface area (Å²) in [6, 6.07) is 6.65. The standard InChI is InChI=1S/C20H22N6O3S/c1-13(17(27)24-19-21-6-11-30-19)23-20(29)26-9-7-25(8-10-26)18(28)15-12-22-16-5-3-2-4-14(15)16/h2-6,11-13,22H,7-10H2,1H3,(H,23,29)(H,21,24,27). The highest BCUT2D eigenvalue weighted by molar-refractivity contribution is 7.13. The van der Waals surface area contributed by atoms with Gasteiger partial charge in [0, 0.05) is 54.9 Å². The fourth-order valence-corrected chi connectivity index (χ4v) is 3.90. The number of urea groups is 1. The van der Waals surface area contributed by atoms with Gasteiger partial charge in [-0.05, 0) is 13.0 Å². The average Bonchev–Trinajstić information content (AvgIpc) is 3.43. The monoisotopic (exact) mass is 426 g/mol. The number of thiazole rings is 1. The molecule has 156 valence electrons. The summed E-state index contributed by atoms with van der Waals surface area (Å²) in [5, 5.41) is 8.50. The molecule has 1 saturated heterocycles. The summed E-state index contributed by atoms with van der Waals surface area (Å²) in [5.74, 6) is -0.379. The number of aromatic nitrogens is 2. The van der Waals surface area contributed by atoms with Crippen molar-refractivity contribution in [2.75, 3.05) is 31.5 Å². The van der Waals surface area contributed by atoms with E-state index in [2.05, 4.69) is 20.6 Å². The lowest BCUT2D eigenvalue weighted by Crippen LogP contribution is -2.55. The summed E-state index contributed by atoms with van der Waals surface area (Å²) in [6.07, 6.45) is 3.33. The van der Waals surface area contributed by atoms with Gasteiger partial charge in [-0.15, -0.1) is 11.3 Å². The van der Waals surface area contributed by atoms with Crippen molar-refractivity contribution in [3.63, 3.8) is 0 Å². The Labute approximate surface area is 177 Å². The molecule has 9 nitrogen and oxygen atoms in total. The van der Waals surface area contributed by atoms with E-state index >= 15 is 0 Å². The first-order valence-electron chi connectivity index (χ1n) is 9.64. The number of carbonyl (C=O) groups excluding carboxylic acids is 3. The summed E-state index contributed by atoms with van der Waals surface area (Å²) in [7, 11) is 0. The van der Waals surface area contributed by atoms with Crippen molar-refractivity contribution < 1.29 is 14.4 Å². The van der Waals surface area contributed by atoms with Crippen molar-refractivity contribution >= 4 is 45.2 Å². The number of carbonyl (C=O) groups is 3. The van der Waals surface area contributed by atoms with E-state index in [0.717, 1.165) is 10.9 Å². The second kappa shape index (κ2) is 8.54. The van der Waals surface area contributed by atoms with Crippen LogP contribution in [0.25, 0.3) is 10.9 Å². The van der Waals surface area contributed by atoms with E-state index < -0.39 is 6.04 Å². The van der Waals surface area contributed by atoms with Gasteiger partial charge in [-0.3, -0.25) is 9.59 Å². The maximum atomic E-state index is 12.9. The SMILES string of the molecule is CC(NC(=O)N1CCN(C(=O)c2c[nH]c3ccccc23)CC1)C(=O)Nc1nccs1. The van der Waals surface area contributed by atoms with E-state index in [4.69, 9.17) is 0 Å². The number of anilines is 1. The quantitative estimate of drug-likeness (QED) is 0.593. The van der Waals surface area contributed by atoms with E-state index in [1.165, 1.54) is 11.3 Å². The molecule has 0 bridgehead atoms. The fourth-order valence-electron chi connectivity index (χ4n) is 3.37. The summed E-state index contributed by atoms with van der Waals surface area (Å²) in [4.78, 5) is 48.1. The van der Waals surface area contributed by atoms with E-state index in [0.29, 0.717) is 36.9 Å². The molecule has 1 aliphatic rings. The van der Waals surface area contributed by atoms with Crippen molar-refractivity contribution in [1.29, 1.82) is 0 Å². The largest absolute Gasteiger partial charge is 0.360 e. The Balaban J connectivity index is 1.30. The highest BCUT2D eigenvalue weighted by Crippen LogP contribution is 2.20. The van der Waals surface area contributed by atoms with Gasteiger partial charge in [0.15, 0.2) is 5.13 Å². The third-order valence-electron chi connectivity index (χ3n) is 5.07. The van der Waals surface area contributed by atoms with Crippen molar-refractivity contribution in [3.8, 4) is 0 Å². The van der Waals surface area contributed by atoms with Gasteiger partial charge < -0.3 is 25.4 Å².